The molecule has 0 spiro atoms. The molecule has 1 atom stereocenters. The van der Waals surface area contributed by atoms with Gasteiger partial charge in [0.15, 0.2) is 5.82 Å². The molecule has 26 heavy (non-hydrogen) atoms. The van der Waals surface area contributed by atoms with Crippen LogP contribution in [0.25, 0.3) is 11.0 Å². The molecule has 0 radical (unpaired) electrons. The topological polar surface area (TPSA) is 76.6 Å². The number of carbonyl (C=O) groups excluding carboxylic acids is 1. The number of nitrogens with one attached hydrogen (secondary N) is 1. The molecule has 0 unspecified atom stereocenters. The number of fused-ring (bicyclic) bond motifs is 1. The number of aromatic nitrogens is 2. The summed E-state index contributed by atoms with van der Waals surface area (Å²) in [6.07, 6.45) is 0.679. The molecule has 1 aromatic carbocycles. The first-order chi connectivity index (χ1) is 12.4. The Morgan fingerprint density at radius 1 is 1.27 bits per heavy atom. The van der Waals surface area contributed by atoms with Crippen LogP contribution in [0.1, 0.15) is 27.2 Å². The largest absolute Gasteiger partial charge is 0.478 e. The highest BCUT2D eigenvalue weighted by atomic mass is 16.6. The highest BCUT2D eigenvalue weighted by Crippen LogP contribution is 2.25. The van der Waals surface area contributed by atoms with E-state index in [4.69, 9.17) is 9.47 Å². The van der Waals surface area contributed by atoms with Crippen molar-refractivity contribution in [2.24, 2.45) is 5.92 Å². The van der Waals surface area contributed by atoms with E-state index in [1.54, 1.807) is 12.0 Å². The molecule has 1 amide bonds. The van der Waals surface area contributed by atoms with Gasteiger partial charge in [0.1, 0.15) is 5.60 Å². The highest BCUT2D eigenvalue weighted by Gasteiger charge is 2.29. The van der Waals surface area contributed by atoms with Crippen molar-refractivity contribution in [3.63, 3.8) is 0 Å². The molecule has 2 aromatic rings. The molecule has 1 aliphatic heterocycles. The number of hydrogen-bond donors (Lipinski definition) is 1. The lowest BCUT2D eigenvalue weighted by molar-refractivity contribution is 0.0289. The van der Waals surface area contributed by atoms with Gasteiger partial charge in [0, 0.05) is 19.6 Å². The minimum atomic E-state index is -0.471. The molecule has 1 fully saturated rings. The number of anilines is 1. The Morgan fingerprint density at radius 2 is 1.96 bits per heavy atom. The van der Waals surface area contributed by atoms with Crippen LogP contribution in [0.2, 0.25) is 0 Å². The fourth-order valence-electron chi connectivity index (χ4n) is 2.97. The molecule has 1 N–H and O–H groups in total. The fraction of sp³-hybridized carbons (Fsp3) is 0.526. The van der Waals surface area contributed by atoms with E-state index in [9.17, 15) is 4.79 Å². The van der Waals surface area contributed by atoms with Crippen LogP contribution in [0.3, 0.4) is 0 Å². The van der Waals surface area contributed by atoms with Gasteiger partial charge >= 0.3 is 6.09 Å². The SMILES string of the molecule is COc1nc2ccccc2nc1NC[C@H]1CCN(C(=O)OC(C)(C)C)C1. The van der Waals surface area contributed by atoms with Crippen molar-refractivity contribution in [2.75, 3.05) is 32.1 Å². The van der Waals surface area contributed by atoms with Crippen molar-refractivity contribution < 1.29 is 14.3 Å². The van der Waals surface area contributed by atoms with Gasteiger partial charge in [-0.3, -0.25) is 0 Å². The molecular weight excluding hydrogens is 332 g/mol. The summed E-state index contributed by atoms with van der Waals surface area (Å²) in [5.41, 5.74) is 1.14. The molecule has 1 aromatic heterocycles. The van der Waals surface area contributed by atoms with Gasteiger partial charge in [-0.15, -0.1) is 0 Å². The highest BCUT2D eigenvalue weighted by molar-refractivity contribution is 5.77. The van der Waals surface area contributed by atoms with Crippen LogP contribution in [-0.4, -0.2) is 53.3 Å². The number of ether oxygens (including phenoxy) is 2. The van der Waals surface area contributed by atoms with Crippen LogP contribution in [-0.2, 0) is 4.74 Å². The Morgan fingerprint density at radius 3 is 2.62 bits per heavy atom. The van der Waals surface area contributed by atoms with E-state index >= 15 is 0 Å². The summed E-state index contributed by atoms with van der Waals surface area (Å²) < 4.78 is 10.8. The second kappa shape index (κ2) is 7.35. The normalized spacial score (nSPS) is 17.4. The van der Waals surface area contributed by atoms with Crippen LogP contribution in [0.5, 0.6) is 5.88 Å². The Kier molecular flexibility index (Phi) is 5.15. The summed E-state index contributed by atoms with van der Waals surface area (Å²) in [7, 11) is 1.59. The Balaban J connectivity index is 1.61. The van der Waals surface area contributed by atoms with Crippen LogP contribution >= 0.6 is 0 Å². The maximum absolute atomic E-state index is 12.2. The van der Waals surface area contributed by atoms with Crippen molar-refractivity contribution in [2.45, 2.75) is 32.8 Å². The zero-order valence-corrected chi connectivity index (χ0v) is 15.8. The van der Waals surface area contributed by atoms with Crippen LogP contribution in [0, 0.1) is 5.92 Å². The molecule has 140 valence electrons. The number of rotatable bonds is 4. The lowest BCUT2D eigenvalue weighted by Gasteiger charge is -2.24. The summed E-state index contributed by atoms with van der Waals surface area (Å²) in [6, 6.07) is 7.69. The second-order valence-electron chi connectivity index (χ2n) is 7.53. The summed E-state index contributed by atoms with van der Waals surface area (Å²) in [4.78, 5) is 23.0. The van der Waals surface area contributed by atoms with E-state index in [1.165, 1.54) is 0 Å². The van der Waals surface area contributed by atoms with E-state index in [2.05, 4.69) is 15.3 Å². The number of amides is 1. The fourth-order valence-corrected chi connectivity index (χ4v) is 2.97. The third-order valence-electron chi connectivity index (χ3n) is 4.23. The van der Waals surface area contributed by atoms with E-state index in [-0.39, 0.29) is 6.09 Å². The van der Waals surface area contributed by atoms with Gasteiger partial charge in [0.25, 0.3) is 5.88 Å². The quantitative estimate of drug-likeness (QED) is 0.904. The third kappa shape index (κ3) is 4.33. The summed E-state index contributed by atoms with van der Waals surface area (Å²) in [6.45, 7) is 7.72. The van der Waals surface area contributed by atoms with Crippen molar-refractivity contribution in [3.8, 4) is 5.88 Å². The van der Waals surface area contributed by atoms with Gasteiger partial charge in [-0.2, -0.15) is 0 Å². The van der Waals surface area contributed by atoms with Crippen LogP contribution in [0.4, 0.5) is 10.6 Å². The summed E-state index contributed by atoms with van der Waals surface area (Å²) >= 11 is 0. The van der Waals surface area contributed by atoms with Gasteiger partial charge < -0.3 is 19.7 Å². The van der Waals surface area contributed by atoms with Gasteiger partial charge in [-0.25, -0.2) is 14.8 Å². The summed E-state index contributed by atoms with van der Waals surface area (Å²) in [5, 5.41) is 3.33. The van der Waals surface area contributed by atoms with Gasteiger partial charge in [-0.05, 0) is 45.2 Å². The number of carbonyl (C=O) groups is 1. The minimum Gasteiger partial charge on any atom is -0.478 e. The number of nitrogens with zero attached hydrogens (tertiary/aromatic N) is 3. The Labute approximate surface area is 153 Å². The number of hydrogen-bond acceptors (Lipinski definition) is 6. The van der Waals surface area contributed by atoms with Crippen LogP contribution < -0.4 is 10.1 Å². The molecule has 0 bridgehead atoms. The van der Waals surface area contributed by atoms with E-state index in [0.29, 0.717) is 37.3 Å². The average molecular weight is 358 g/mol. The molecule has 7 nitrogen and oxygen atoms in total. The third-order valence-corrected chi connectivity index (χ3v) is 4.23. The molecule has 0 saturated carbocycles. The van der Waals surface area contributed by atoms with E-state index in [0.717, 1.165) is 17.5 Å². The standard InChI is InChI=1S/C19H26N4O3/c1-19(2,3)26-18(24)23-10-9-13(12-23)11-20-16-17(25-4)22-15-8-6-5-7-14(15)21-16/h5-8,13H,9-12H2,1-4H3,(H,20,21)/t13-/m1/s1. The van der Waals surface area contributed by atoms with E-state index in [1.807, 2.05) is 45.0 Å². The monoisotopic (exact) mass is 358 g/mol. The molecule has 1 aliphatic rings. The first kappa shape index (κ1) is 18.2. The second-order valence-corrected chi connectivity index (χ2v) is 7.53. The number of benzene rings is 1. The smallest absolute Gasteiger partial charge is 0.410 e. The maximum Gasteiger partial charge on any atom is 0.410 e. The predicted octanol–water partition coefficient (Wildman–Crippen LogP) is 3.31. The molecular formula is C19H26N4O3. The van der Waals surface area contributed by atoms with Crippen molar-refractivity contribution >= 4 is 22.9 Å². The Hall–Kier alpha value is -2.57. The minimum absolute atomic E-state index is 0.247. The first-order valence-corrected chi connectivity index (χ1v) is 8.88. The van der Waals surface area contributed by atoms with Crippen molar-refractivity contribution in [3.05, 3.63) is 24.3 Å². The summed E-state index contributed by atoms with van der Waals surface area (Å²) in [5.74, 6) is 1.44. The lowest BCUT2D eigenvalue weighted by Crippen LogP contribution is -2.35. The molecule has 3 rings (SSSR count). The number of likely N-dealkylation sites (tertiary alicyclic amines) is 1. The maximum atomic E-state index is 12.2. The zero-order chi connectivity index (χ0) is 18.7. The molecule has 1 saturated heterocycles. The molecule has 2 heterocycles. The predicted molar refractivity (Wildman–Crippen MR) is 100 cm³/mol. The lowest BCUT2D eigenvalue weighted by atomic mass is 10.1. The number of para-hydroxylation sites is 2. The molecule has 0 aliphatic carbocycles. The van der Waals surface area contributed by atoms with Gasteiger partial charge in [0.2, 0.25) is 0 Å². The van der Waals surface area contributed by atoms with E-state index < -0.39 is 5.60 Å². The average Bonchev–Trinajstić information content (AvgIpc) is 3.07. The molecule has 7 heteroatoms. The van der Waals surface area contributed by atoms with Crippen molar-refractivity contribution in [1.82, 2.24) is 14.9 Å². The first-order valence-electron chi connectivity index (χ1n) is 8.88. The van der Waals surface area contributed by atoms with Gasteiger partial charge in [0.05, 0.1) is 18.1 Å². The van der Waals surface area contributed by atoms with Gasteiger partial charge in [-0.1, -0.05) is 12.1 Å². The zero-order valence-electron chi connectivity index (χ0n) is 15.8. The van der Waals surface area contributed by atoms with Crippen molar-refractivity contribution in [1.29, 1.82) is 0 Å². The Bertz CT molecular complexity index is 788. The number of methoxy groups -OCH3 is 1. The van der Waals surface area contributed by atoms with Crippen LogP contribution in [0.15, 0.2) is 24.3 Å².